The second-order valence-electron chi connectivity index (χ2n) is 6.49. The highest BCUT2D eigenvalue weighted by Gasteiger charge is 2.27. The maximum atomic E-state index is 12.4. The van der Waals surface area contributed by atoms with Gasteiger partial charge in [-0.15, -0.1) is 0 Å². The van der Waals surface area contributed by atoms with Gasteiger partial charge in [-0.25, -0.2) is 0 Å². The number of benzene rings is 1. The van der Waals surface area contributed by atoms with E-state index in [9.17, 15) is 9.59 Å². The molecule has 2 aromatic heterocycles. The summed E-state index contributed by atoms with van der Waals surface area (Å²) < 4.78 is 1.85. The molecule has 1 aliphatic heterocycles. The second-order valence-corrected chi connectivity index (χ2v) is 6.49. The first-order chi connectivity index (χ1) is 13.7. The van der Waals surface area contributed by atoms with Crippen molar-refractivity contribution < 1.29 is 9.59 Å². The standard InChI is InChI=1S/C22H18N4O2/c27-21(25-18-8-10-23-11-9-18)13-19-14-24-22(28)20-12-17(15-26(19)20)7-6-16-4-2-1-3-5-16/h1-5,8-12,15,19H,13-14H2,(H,24,28)(H,23,25,27). The van der Waals surface area contributed by atoms with Crippen LogP contribution >= 0.6 is 0 Å². The Morgan fingerprint density at radius 2 is 1.89 bits per heavy atom. The quantitative estimate of drug-likeness (QED) is 0.696. The average molecular weight is 370 g/mol. The van der Waals surface area contributed by atoms with Gasteiger partial charge in [-0.05, 0) is 30.3 Å². The molecule has 1 unspecified atom stereocenters. The highest BCUT2D eigenvalue weighted by molar-refractivity contribution is 5.95. The van der Waals surface area contributed by atoms with Crippen molar-refractivity contribution in [2.75, 3.05) is 11.9 Å². The molecule has 2 N–H and O–H groups in total. The SMILES string of the molecule is O=C(CC1CNC(=O)c2cc(C#Cc3ccccc3)cn21)Nc1ccncc1. The summed E-state index contributed by atoms with van der Waals surface area (Å²) in [6.45, 7) is 0.399. The number of amides is 2. The topological polar surface area (TPSA) is 76.0 Å². The minimum atomic E-state index is -0.165. The van der Waals surface area contributed by atoms with E-state index in [2.05, 4.69) is 27.5 Å². The number of hydrogen-bond donors (Lipinski definition) is 2. The average Bonchev–Trinajstić information content (AvgIpc) is 3.16. The van der Waals surface area contributed by atoms with E-state index in [1.165, 1.54) is 0 Å². The molecule has 0 bridgehead atoms. The molecule has 6 nitrogen and oxygen atoms in total. The third-order valence-electron chi connectivity index (χ3n) is 4.48. The fourth-order valence-corrected chi connectivity index (χ4v) is 3.13. The summed E-state index contributed by atoms with van der Waals surface area (Å²) in [5.41, 5.74) is 2.87. The number of anilines is 1. The molecule has 1 aromatic carbocycles. The maximum absolute atomic E-state index is 12.4. The second kappa shape index (κ2) is 7.80. The lowest BCUT2D eigenvalue weighted by Gasteiger charge is -2.26. The molecule has 0 fully saturated rings. The molecule has 3 heterocycles. The maximum Gasteiger partial charge on any atom is 0.268 e. The van der Waals surface area contributed by atoms with Crippen LogP contribution in [0.15, 0.2) is 67.1 Å². The third-order valence-corrected chi connectivity index (χ3v) is 4.48. The predicted molar refractivity (Wildman–Crippen MR) is 106 cm³/mol. The van der Waals surface area contributed by atoms with Crippen LogP contribution in [-0.2, 0) is 4.79 Å². The Balaban J connectivity index is 1.52. The molecule has 1 aliphatic rings. The van der Waals surface area contributed by atoms with Gasteiger partial charge in [0.1, 0.15) is 5.69 Å². The van der Waals surface area contributed by atoms with Crippen LogP contribution in [0.1, 0.15) is 34.1 Å². The highest BCUT2D eigenvalue weighted by Crippen LogP contribution is 2.22. The number of rotatable bonds is 3. The zero-order valence-electron chi connectivity index (χ0n) is 15.1. The van der Waals surface area contributed by atoms with Gasteiger partial charge in [-0.3, -0.25) is 14.6 Å². The van der Waals surface area contributed by atoms with Crippen molar-refractivity contribution in [3.05, 3.63) is 83.9 Å². The number of nitrogens with zero attached hydrogens (tertiary/aromatic N) is 2. The van der Waals surface area contributed by atoms with Gasteiger partial charge in [0, 0.05) is 48.4 Å². The molecule has 138 valence electrons. The zero-order chi connectivity index (χ0) is 19.3. The molecule has 1 atom stereocenters. The van der Waals surface area contributed by atoms with E-state index in [0.717, 1.165) is 11.1 Å². The van der Waals surface area contributed by atoms with Crippen LogP contribution in [-0.4, -0.2) is 27.9 Å². The third kappa shape index (κ3) is 3.94. The number of carbonyl (C=O) groups excluding carboxylic acids is 2. The Bertz CT molecular complexity index is 1060. The van der Waals surface area contributed by atoms with Gasteiger partial charge in [-0.1, -0.05) is 30.0 Å². The highest BCUT2D eigenvalue weighted by atomic mass is 16.2. The monoisotopic (exact) mass is 370 g/mol. The van der Waals surface area contributed by atoms with Gasteiger partial charge in [0.2, 0.25) is 5.91 Å². The van der Waals surface area contributed by atoms with Crippen LogP contribution in [0.2, 0.25) is 0 Å². The van der Waals surface area contributed by atoms with Crippen molar-refractivity contribution >= 4 is 17.5 Å². The van der Waals surface area contributed by atoms with Crippen LogP contribution in [0.5, 0.6) is 0 Å². The smallest absolute Gasteiger partial charge is 0.268 e. The largest absolute Gasteiger partial charge is 0.349 e. The number of aromatic nitrogens is 2. The van der Waals surface area contributed by atoms with Gasteiger partial charge >= 0.3 is 0 Å². The summed E-state index contributed by atoms with van der Waals surface area (Å²) in [5.74, 6) is 5.91. The molecule has 4 rings (SSSR count). The molecule has 28 heavy (non-hydrogen) atoms. The molecule has 2 amide bonds. The number of nitrogens with one attached hydrogen (secondary N) is 2. The first-order valence-electron chi connectivity index (χ1n) is 8.96. The van der Waals surface area contributed by atoms with E-state index in [0.29, 0.717) is 17.9 Å². The first-order valence-corrected chi connectivity index (χ1v) is 8.96. The Labute approximate surface area is 162 Å². The molecular weight excluding hydrogens is 352 g/mol. The van der Waals surface area contributed by atoms with E-state index in [4.69, 9.17) is 0 Å². The number of fused-ring (bicyclic) bond motifs is 1. The predicted octanol–water partition coefficient (Wildman–Crippen LogP) is 2.60. The fourth-order valence-electron chi connectivity index (χ4n) is 3.13. The van der Waals surface area contributed by atoms with E-state index < -0.39 is 0 Å². The summed E-state index contributed by atoms with van der Waals surface area (Å²) in [6, 6.07) is 14.7. The molecule has 0 aliphatic carbocycles. The minimum Gasteiger partial charge on any atom is -0.349 e. The molecule has 3 aromatic rings. The van der Waals surface area contributed by atoms with E-state index in [-0.39, 0.29) is 24.3 Å². The molecule has 0 saturated heterocycles. The summed E-state index contributed by atoms with van der Waals surface area (Å²) in [5, 5.41) is 5.70. The van der Waals surface area contributed by atoms with Crippen molar-refractivity contribution in [1.82, 2.24) is 14.9 Å². The van der Waals surface area contributed by atoms with Crippen molar-refractivity contribution in [3.63, 3.8) is 0 Å². The van der Waals surface area contributed by atoms with Gasteiger partial charge in [0.05, 0.1) is 6.04 Å². The van der Waals surface area contributed by atoms with Crippen LogP contribution in [0, 0.1) is 11.8 Å². The van der Waals surface area contributed by atoms with Gasteiger partial charge in [-0.2, -0.15) is 0 Å². The van der Waals surface area contributed by atoms with E-state index >= 15 is 0 Å². The summed E-state index contributed by atoms with van der Waals surface area (Å²) in [6.07, 6.45) is 5.33. The molecule has 6 heteroatoms. The normalized spacial score (nSPS) is 15.0. The lowest BCUT2D eigenvalue weighted by atomic mass is 10.1. The van der Waals surface area contributed by atoms with Crippen molar-refractivity contribution in [3.8, 4) is 11.8 Å². The van der Waals surface area contributed by atoms with Gasteiger partial charge in [0.25, 0.3) is 5.91 Å². The number of carbonyl (C=O) groups is 2. The molecule has 0 spiro atoms. The molecule has 0 radical (unpaired) electrons. The van der Waals surface area contributed by atoms with E-state index in [1.807, 2.05) is 41.1 Å². The van der Waals surface area contributed by atoms with Crippen LogP contribution in [0.4, 0.5) is 5.69 Å². The molecule has 0 saturated carbocycles. The summed E-state index contributed by atoms with van der Waals surface area (Å²) in [7, 11) is 0. The fraction of sp³-hybridized carbons (Fsp3) is 0.136. The van der Waals surface area contributed by atoms with E-state index in [1.54, 1.807) is 30.6 Å². The van der Waals surface area contributed by atoms with Crippen molar-refractivity contribution in [1.29, 1.82) is 0 Å². The Hall–Kier alpha value is -3.85. The molecular formula is C22H18N4O2. The first kappa shape index (κ1) is 17.6. The summed E-state index contributed by atoms with van der Waals surface area (Å²) >= 11 is 0. The Morgan fingerprint density at radius 1 is 1.14 bits per heavy atom. The van der Waals surface area contributed by atoms with Crippen molar-refractivity contribution in [2.24, 2.45) is 0 Å². The van der Waals surface area contributed by atoms with Crippen LogP contribution < -0.4 is 10.6 Å². The number of pyridine rings is 1. The Morgan fingerprint density at radius 3 is 2.68 bits per heavy atom. The Kier molecular flexibility index (Phi) is 4.89. The minimum absolute atomic E-state index is 0.121. The zero-order valence-corrected chi connectivity index (χ0v) is 15.1. The van der Waals surface area contributed by atoms with Crippen molar-refractivity contribution in [2.45, 2.75) is 12.5 Å². The lowest BCUT2D eigenvalue weighted by Crippen LogP contribution is -2.39. The number of hydrogen-bond acceptors (Lipinski definition) is 3. The van der Waals surface area contributed by atoms with Crippen LogP contribution in [0.25, 0.3) is 0 Å². The summed E-state index contributed by atoms with van der Waals surface area (Å²) in [4.78, 5) is 28.5. The van der Waals surface area contributed by atoms with Gasteiger partial charge in [0.15, 0.2) is 0 Å². The van der Waals surface area contributed by atoms with Gasteiger partial charge < -0.3 is 15.2 Å². The lowest BCUT2D eigenvalue weighted by molar-refractivity contribution is -0.117. The van der Waals surface area contributed by atoms with Crippen LogP contribution in [0.3, 0.4) is 0 Å².